The van der Waals surface area contributed by atoms with Crippen molar-refractivity contribution >= 4 is 48.6 Å². The maximum atomic E-state index is 2.51. The van der Waals surface area contributed by atoms with E-state index in [9.17, 15) is 0 Å². The van der Waals surface area contributed by atoms with Gasteiger partial charge in [0.25, 0.3) is 0 Å². The summed E-state index contributed by atoms with van der Waals surface area (Å²) in [5.41, 5.74) is 21.5. The van der Waals surface area contributed by atoms with Crippen molar-refractivity contribution in [3.8, 4) is 44.5 Å². The van der Waals surface area contributed by atoms with Crippen LogP contribution in [0.2, 0.25) is 0 Å². The molecule has 282 valence electrons. The summed E-state index contributed by atoms with van der Waals surface area (Å²) in [5.74, 6) is 0. The number of hydrogen-bond acceptors (Lipinski definition) is 2. The molecule has 0 atom stereocenters. The molecular formula is C58H39NS. The highest BCUT2D eigenvalue weighted by Crippen LogP contribution is 2.63. The van der Waals surface area contributed by atoms with E-state index in [2.05, 4.69) is 219 Å². The number of rotatable bonds is 4. The molecule has 0 unspecified atom stereocenters. The van der Waals surface area contributed by atoms with Gasteiger partial charge in [-0.2, -0.15) is 0 Å². The van der Waals surface area contributed by atoms with Gasteiger partial charge in [0.05, 0.1) is 5.41 Å². The molecule has 0 saturated carbocycles. The van der Waals surface area contributed by atoms with E-state index in [1.807, 2.05) is 11.3 Å². The zero-order chi connectivity index (χ0) is 39.7. The summed E-state index contributed by atoms with van der Waals surface area (Å²) in [6.07, 6.45) is 0. The summed E-state index contributed by atoms with van der Waals surface area (Å²) in [4.78, 5) is 2.50. The minimum atomic E-state index is -0.427. The zero-order valence-electron chi connectivity index (χ0n) is 33.4. The highest BCUT2D eigenvalue weighted by atomic mass is 32.1. The van der Waals surface area contributed by atoms with E-state index in [0.29, 0.717) is 0 Å². The van der Waals surface area contributed by atoms with E-state index < -0.39 is 5.41 Å². The van der Waals surface area contributed by atoms with Gasteiger partial charge in [-0.15, -0.1) is 11.3 Å². The number of benzene rings is 9. The first-order chi connectivity index (χ1) is 29.5. The molecule has 0 amide bonds. The molecule has 0 fully saturated rings. The SMILES string of the molecule is CC1(C)c2ccccc2-c2cccc(-c3cccc(N(c4ccc5c(c4)C4(c6ccccc6-c6ccccc64)c4ccccc4-5)c4ccc5c(c4)sc4ccccc45)c3)c21. The molecule has 1 nitrogen and oxygen atoms in total. The second kappa shape index (κ2) is 12.3. The van der Waals surface area contributed by atoms with Crippen LogP contribution in [-0.4, -0.2) is 0 Å². The van der Waals surface area contributed by atoms with Gasteiger partial charge in [-0.1, -0.05) is 172 Å². The quantitative estimate of drug-likeness (QED) is 0.172. The van der Waals surface area contributed by atoms with E-state index >= 15 is 0 Å². The fourth-order valence-corrected chi connectivity index (χ4v) is 12.6. The molecule has 10 aromatic rings. The summed E-state index contributed by atoms with van der Waals surface area (Å²) in [6, 6.07) is 75.4. The molecule has 0 saturated heterocycles. The van der Waals surface area contributed by atoms with Crippen molar-refractivity contribution in [2.75, 3.05) is 4.90 Å². The van der Waals surface area contributed by atoms with Gasteiger partial charge in [-0.05, 0) is 120 Å². The molecule has 1 aromatic heterocycles. The first-order valence-corrected chi connectivity index (χ1v) is 21.8. The lowest BCUT2D eigenvalue weighted by molar-refractivity contribution is 0.662. The third kappa shape index (κ3) is 4.41. The molecule has 3 aliphatic rings. The highest BCUT2D eigenvalue weighted by Gasteiger charge is 2.51. The van der Waals surface area contributed by atoms with Gasteiger partial charge in [0.2, 0.25) is 0 Å². The largest absolute Gasteiger partial charge is 0.310 e. The molecular weight excluding hydrogens is 743 g/mol. The third-order valence-corrected chi connectivity index (χ3v) is 15.0. The normalized spacial score (nSPS) is 14.4. The van der Waals surface area contributed by atoms with Crippen molar-refractivity contribution in [3.63, 3.8) is 0 Å². The minimum absolute atomic E-state index is 0.123. The van der Waals surface area contributed by atoms with Crippen LogP contribution in [0, 0.1) is 0 Å². The summed E-state index contributed by atoms with van der Waals surface area (Å²) in [5, 5.41) is 2.62. The average molecular weight is 782 g/mol. The zero-order valence-corrected chi connectivity index (χ0v) is 34.2. The van der Waals surface area contributed by atoms with Gasteiger partial charge in [0.1, 0.15) is 0 Å². The standard InChI is InChI=1S/C58H39NS/c1-57(2)49-24-8-3-20-44(49)48-23-14-22-40(56(48)57)36-15-13-16-37(33-36)59(39-30-32-47-46-21-7-12-28-54(46)60-55(47)35-39)38-29-31-45-43-19-6-11-27-52(43)58(53(45)34-38)50-25-9-4-17-41(50)42-18-5-10-26-51(42)58/h3-35H,1-2H3. The molecule has 60 heavy (non-hydrogen) atoms. The Morgan fingerprint density at radius 1 is 0.350 bits per heavy atom. The summed E-state index contributed by atoms with van der Waals surface area (Å²) in [7, 11) is 0. The van der Waals surface area contributed by atoms with Crippen LogP contribution in [0.1, 0.15) is 47.2 Å². The number of thiophene rings is 1. The predicted molar refractivity (Wildman–Crippen MR) is 253 cm³/mol. The predicted octanol–water partition coefficient (Wildman–Crippen LogP) is 15.8. The first-order valence-electron chi connectivity index (χ1n) is 21.0. The molecule has 2 heteroatoms. The van der Waals surface area contributed by atoms with Gasteiger partial charge in [-0.3, -0.25) is 0 Å². The van der Waals surface area contributed by atoms with Crippen molar-refractivity contribution in [3.05, 3.63) is 234 Å². The van der Waals surface area contributed by atoms with E-state index in [4.69, 9.17) is 0 Å². The third-order valence-electron chi connectivity index (χ3n) is 13.9. The Bertz CT molecular complexity index is 3370. The highest BCUT2D eigenvalue weighted by molar-refractivity contribution is 7.25. The van der Waals surface area contributed by atoms with Gasteiger partial charge < -0.3 is 4.90 Å². The molecule has 3 aliphatic carbocycles. The summed E-state index contributed by atoms with van der Waals surface area (Å²) < 4.78 is 2.61. The van der Waals surface area contributed by atoms with E-state index in [1.54, 1.807) is 0 Å². The van der Waals surface area contributed by atoms with Crippen LogP contribution < -0.4 is 4.90 Å². The number of fused-ring (bicyclic) bond motifs is 16. The molecule has 1 heterocycles. The summed E-state index contributed by atoms with van der Waals surface area (Å²) in [6.45, 7) is 4.77. The number of hydrogen-bond donors (Lipinski definition) is 0. The average Bonchev–Trinajstić information content (AvgIpc) is 3.98. The van der Waals surface area contributed by atoms with Crippen LogP contribution in [0.5, 0.6) is 0 Å². The fraction of sp³-hybridized carbons (Fsp3) is 0.0690. The number of nitrogens with zero attached hydrogens (tertiary/aromatic N) is 1. The molecule has 13 rings (SSSR count). The van der Waals surface area contributed by atoms with Crippen LogP contribution in [0.15, 0.2) is 200 Å². The lowest BCUT2D eigenvalue weighted by Gasteiger charge is -2.32. The van der Waals surface area contributed by atoms with Crippen LogP contribution in [-0.2, 0) is 10.8 Å². The molecule has 0 radical (unpaired) electrons. The van der Waals surface area contributed by atoms with Gasteiger partial charge in [0, 0.05) is 42.6 Å². The van der Waals surface area contributed by atoms with Crippen molar-refractivity contribution in [1.29, 1.82) is 0 Å². The van der Waals surface area contributed by atoms with Crippen LogP contribution in [0.4, 0.5) is 17.1 Å². The van der Waals surface area contributed by atoms with Gasteiger partial charge >= 0.3 is 0 Å². The van der Waals surface area contributed by atoms with Crippen molar-refractivity contribution in [1.82, 2.24) is 0 Å². The topological polar surface area (TPSA) is 3.24 Å². The maximum Gasteiger partial charge on any atom is 0.0726 e. The number of anilines is 3. The molecule has 0 aliphatic heterocycles. The monoisotopic (exact) mass is 781 g/mol. The lowest BCUT2D eigenvalue weighted by Crippen LogP contribution is -2.26. The van der Waals surface area contributed by atoms with Crippen LogP contribution >= 0.6 is 11.3 Å². The Kier molecular flexibility index (Phi) is 6.94. The molecule has 1 spiro atoms. The van der Waals surface area contributed by atoms with Crippen molar-refractivity contribution in [2.24, 2.45) is 0 Å². The smallest absolute Gasteiger partial charge is 0.0726 e. The second-order valence-corrected chi connectivity index (χ2v) is 18.3. The Hall–Kier alpha value is -7.00. The second-order valence-electron chi connectivity index (χ2n) is 17.2. The Morgan fingerprint density at radius 2 is 0.850 bits per heavy atom. The van der Waals surface area contributed by atoms with Gasteiger partial charge in [-0.25, -0.2) is 0 Å². The first kappa shape index (κ1) is 33.9. The fourth-order valence-electron chi connectivity index (χ4n) is 11.4. The van der Waals surface area contributed by atoms with Crippen LogP contribution in [0.25, 0.3) is 64.7 Å². The van der Waals surface area contributed by atoms with E-state index in [-0.39, 0.29) is 5.41 Å². The molecule has 0 bridgehead atoms. The Labute approximate surface area is 354 Å². The molecule has 0 N–H and O–H groups in total. The van der Waals surface area contributed by atoms with E-state index in [1.165, 1.54) is 98.1 Å². The Balaban J connectivity index is 1.06. The van der Waals surface area contributed by atoms with Gasteiger partial charge in [0.15, 0.2) is 0 Å². The minimum Gasteiger partial charge on any atom is -0.310 e. The summed E-state index contributed by atoms with van der Waals surface area (Å²) >= 11 is 1.88. The lowest BCUT2D eigenvalue weighted by atomic mass is 9.70. The maximum absolute atomic E-state index is 2.51. The van der Waals surface area contributed by atoms with E-state index in [0.717, 1.165) is 17.1 Å². The van der Waals surface area contributed by atoms with Crippen LogP contribution in [0.3, 0.4) is 0 Å². The molecule has 9 aromatic carbocycles. The Morgan fingerprint density at radius 3 is 1.57 bits per heavy atom. The van der Waals surface area contributed by atoms with Crippen molar-refractivity contribution in [2.45, 2.75) is 24.7 Å². The van der Waals surface area contributed by atoms with Crippen molar-refractivity contribution < 1.29 is 0 Å².